The van der Waals surface area contributed by atoms with Gasteiger partial charge in [0.05, 0.1) is 12.2 Å². The summed E-state index contributed by atoms with van der Waals surface area (Å²) in [6.45, 7) is -0.0638. The number of allylic oxidation sites excluding steroid dienone is 2. The van der Waals surface area contributed by atoms with Crippen LogP contribution in [0, 0.1) is 0 Å². The fourth-order valence-electron chi connectivity index (χ4n) is 1.41. The van der Waals surface area contributed by atoms with Gasteiger partial charge in [0.2, 0.25) is 0 Å². The van der Waals surface area contributed by atoms with Gasteiger partial charge in [0, 0.05) is 6.08 Å². The highest BCUT2D eigenvalue weighted by molar-refractivity contribution is 14.1. The van der Waals surface area contributed by atoms with Gasteiger partial charge in [0.15, 0.2) is 0 Å². The molecule has 0 aromatic heterocycles. The van der Waals surface area contributed by atoms with Crippen molar-refractivity contribution in [2.75, 3.05) is 6.61 Å². The molecular weight excluding hydrogens is 422 g/mol. The maximum atomic E-state index is 12.7. The molecule has 0 unspecified atom stereocenters. The third-order valence-electron chi connectivity index (χ3n) is 2.52. The van der Waals surface area contributed by atoms with Gasteiger partial charge < -0.3 is 4.74 Å². The second-order valence-corrected chi connectivity index (χ2v) is 5.70. The fourth-order valence-corrected chi connectivity index (χ4v) is 2.19. The molecule has 0 atom stereocenters. The lowest BCUT2D eigenvalue weighted by Crippen LogP contribution is -2.34. The summed E-state index contributed by atoms with van der Waals surface area (Å²) in [5.74, 6) is -5.43. The first-order valence-electron chi connectivity index (χ1n) is 6.17. The highest BCUT2D eigenvalue weighted by Crippen LogP contribution is 2.38. The summed E-state index contributed by atoms with van der Waals surface area (Å²) in [5.41, 5.74) is 0.344. The number of ether oxygens (including phenoxy) is 1. The van der Waals surface area contributed by atoms with E-state index < -0.39 is 18.1 Å². The molecule has 0 spiro atoms. The van der Waals surface area contributed by atoms with Crippen molar-refractivity contribution in [1.82, 2.24) is 0 Å². The topological polar surface area (TPSA) is 26.3 Å². The van der Waals surface area contributed by atoms with E-state index in [0.29, 0.717) is 5.56 Å². The summed E-state index contributed by atoms with van der Waals surface area (Å²) < 4.78 is 66.3. The summed E-state index contributed by atoms with van der Waals surface area (Å²) in [6.07, 6.45) is -5.61. The van der Waals surface area contributed by atoms with Crippen LogP contribution in [0.2, 0.25) is 0 Å². The molecule has 1 aromatic rings. The smallest absolute Gasteiger partial charge is 0.457 e. The largest absolute Gasteiger partial charge is 0.462 e. The van der Waals surface area contributed by atoms with Gasteiger partial charge in [-0.1, -0.05) is 18.2 Å². The molecule has 0 aliphatic rings. The van der Waals surface area contributed by atoms with Crippen molar-refractivity contribution in [3.63, 3.8) is 0 Å². The molecule has 0 saturated heterocycles. The van der Waals surface area contributed by atoms with E-state index in [4.69, 9.17) is 4.74 Å². The van der Waals surface area contributed by atoms with Gasteiger partial charge in [0.1, 0.15) is 0 Å². The van der Waals surface area contributed by atoms with Crippen molar-refractivity contribution < 1.29 is 31.5 Å². The Hall–Kier alpha value is -1.19. The highest BCUT2D eigenvalue weighted by Gasteiger charge is 2.55. The van der Waals surface area contributed by atoms with E-state index in [1.165, 1.54) is 22.6 Å². The Kier molecular flexibility index (Phi) is 6.76. The molecule has 0 amide bonds. The number of benzene rings is 1. The zero-order valence-electron chi connectivity index (χ0n) is 11.2. The second-order valence-electron chi connectivity index (χ2n) is 4.32. The van der Waals surface area contributed by atoms with Crippen LogP contribution in [-0.4, -0.2) is 24.7 Å². The molecule has 1 rings (SSSR count). The first-order valence-corrected chi connectivity index (χ1v) is 7.25. The molecule has 0 heterocycles. The van der Waals surface area contributed by atoms with Gasteiger partial charge in [-0.3, -0.25) is 0 Å². The van der Waals surface area contributed by atoms with Crippen molar-refractivity contribution in [2.24, 2.45) is 0 Å². The van der Waals surface area contributed by atoms with Crippen LogP contribution in [-0.2, 0) is 4.74 Å². The van der Waals surface area contributed by atoms with Crippen molar-refractivity contribution in [1.29, 1.82) is 0 Å². The van der Waals surface area contributed by atoms with E-state index in [9.17, 15) is 26.7 Å². The van der Waals surface area contributed by atoms with E-state index in [0.717, 1.165) is 0 Å². The maximum absolute atomic E-state index is 12.7. The lowest BCUT2D eigenvalue weighted by Gasteiger charge is -2.16. The van der Waals surface area contributed by atoms with Crippen molar-refractivity contribution >= 4 is 28.6 Å². The second kappa shape index (κ2) is 7.89. The van der Waals surface area contributed by atoms with Gasteiger partial charge in [0.25, 0.3) is 0 Å². The van der Waals surface area contributed by atoms with E-state index in [1.807, 2.05) is 0 Å². The van der Waals surface area contributed by atoms with Crippen LogP contribution in [0.4, 0.5) is 22.0 Å². The van der Waals surface area contributed by atoms with Crippen LogP contribution >= 0.6 is 22.6 Å². The molecule has 0 aliphatic carbocycles. The van der Waals surface area contributed by atoms with Crippen LogP contribution in [0.1, 0.15) is 23.2 Å². The molecule has 2 nitrogen and oxygen atoms in total. The van der Waals surface area contributed by atoms with Crippen LogP contribution in [0.5, 0.6) is 0 Å². The average molecular weight is 434 g/mol. The number of alkyl halides is 5. The minimum Gasteiger partial charge on any atom is -0.462 e. The lowest BCUT2D eigenvalue weighted by molar-refractivity contribution is -0.259. The normalized spacial score (nSPS) is 13.1. The minimum absolute atomic E-state index is 0.0334. The minimum atomic E-state index is -5.61. The van der Waals surface area contributed by atoms with Crippen LogP contribution < -0.4 is 0 Å². The number of carbonyl (C=O) groups is 1. The zero-order valence-corrected chi connectivity index (χ0v) is 13.3. The molecule has 0 saturated carbocycles. The molecule has 1 aromatic carbocycles. The highest BCUT2D eigenvalue weighted by atomic mass is 127. The molecule has 0 bridgehead atoms. The Morgan fingerprint density at radius 3 is 2.27 bits per heavy atom. The van der Waals surface area contributed by atoms with Gasteiger partial charge >= 0.3 is 18.1 Å². The van der Waals surface area contributed by atoms with Crippen molar-refractivity contribution in [3.05, 3.63) is 45.6 Å². The van der Waals surface area contributed by atoms with E-state index in [2.05, 4.69) is 0 Å². The van der Waals surface area contributed by atoms with E-state index >= 15 is 0 Å². The molecule has 0 fully saturated rings. The summed E-state index contributed by atoms with van der Waals surface area (Å²) >= 11 is 1.42. The molecule has 122 valence electrons. The van der Waals surface area contributed by atoms with Crippen LogP contribution in [0.3, 0.4) is 0 Å². The quantitative estimate of drug-likeness (QED) is 0.268. The number of rotatable bonds is 6. The predicted octanol–water partition coefficient (Wildman–Crippen LogP) is 5.14. The van der Waals surface area contributed by atoms with Gasteiger partial charge in [-0.25, -0.2) is 4.79 Å². The van der Waals surface area contributed by atoms with E-state index in [-0.39, 0.29) is 29.1 Å². The standard InChI is InChI=1S/C14H12F5IO2/c15-13(16,14(17,18)19)9-11(20)7-4-8-22-12(21)10-5-2-1-3-6-10/h1-3,5-6,9H,4,7-8H2. The Balaban J connectivity index is 2.40. The van der Waals surface area contributed by atoms with Crippen LogP contribution in [0.25, 0.3) is 0 Å². The first-order chi connectivity index (χ1) is 10.1. The molecule has 8 heteroatoms. The Morgan fingerprint density at radius 2 is 1.73 bits per heavy atom. The lowest BCUT2D eigenvalue weighted by atomic mass is 10.2. The molecule has 0 N–H and O–H groups in total. The third-order valence-corrected chi connectivity index (χ3v) is 3.37. The van der Waals surface area contributed by atoms with Crippen molar-refractivity contribution in [2.45, 2.75) is 24.9 Å². The van der Waals surface area contributed by atoms with Gasteiger partial charge in [-0.2, -0.15) is 22.0 Å². The van der Waals surface area contributed by atoms with Crippen molar-refractivity contribution in [3.8, 4) is 0 Å². The predicted molar refractivity (Wildman–Crippen MR) is 79.1 cm³/mol. The summed E-state index contributed by atoms with van der Waals surface area (Å²) in [4.78, 5) is 11.5. The van der Waals surface area contributed by atoms with Gasteiger partial charge in [-0.05, 0) is 51.1 Å². The summed E-state index contributed by atoms with van der Waals surface area (Å²) in [7, 11) is 0. The number of hydrogen-bond donors (Lipinski definition) is 0. The summed E-state index contributed by atoms with van der Waals surface area (Å²) in [5, 5.41) is 0. The Bertz CT molecular complexity index is 526. The molecule has 0 radical (unpaired) electrons. The maximum Gasteiger partial charge on any atom is 0.457 e. The third kappa shape index (κ3) is 5.90. The van der Waals surface area contributed by atoms with Gasteiger partial charge in [-0.15, -0.1) is 0 Å². The Labute approximate surface area is 137 Å². The summed E-state index contributed by atoms with van der Waals surface area (Å²) in [6, 6.07) is 8.14. The Morgan fingerprint density at radius 1 is 1.14 bits per heavy atom. The number of carbonyl (C=O) groups excluding carboxylic acids is 1. The average Bonchev–Trinajstić information content (AvgIpc) is 2.42. The number of esters is 1. The molecule has 0 aliphatic heterocycles. The number of halogens is 6. The number of hydrogen-bond acceptors (Lipinski definition) is 2. The first kappa shape index (κ1) is 18.9. The fraction of sp³-hybridized carbons (Fsp3) is 0.357. The monoisotopic (exact) mass is 434 g/mol. The molecular formula is C14H12F5IO2. The SMILES string of the molecule is O=C(OCCCC(I)=CC(F)(F)C(F)(F)F)c1ccccc1. The molecule has 22 heavy (non-hydrogen) atoms. The zero-order chi connectivity index (χ0) is 16.8. The van der Waals surface area contributed by atoms with Crippen LogP contribution in [0.15, 0.2) is 40.0 Å². The van der Waals surface area contributed by atoms with E-state index in [1.54, 1.807) is 30.3 Å².